The van der Waals surface area contributed by atoms with E-state index in [1.54, 1.807) is 25.1 Å². The smallest absolute Gasteiger partial charge is 0.245 e. The zero-order valence-corrected chi connectivity index (χ0v) is 25.5. The third-order valence-electron chi connectivity index (χ3n) is 6.96. The van der Waals surface area contributed by atoms with Crippen LogP contribution in [0.2, 0.25) is 0 Å². The van der Waals surface area contributed by atoms with E-state index in [1.165, 1.54) is 21.0 Å². The van der Waals surface area contributed by atoms with Gasteiger partial charge in [0.1, 0.15) is 6.04 Å². The molecule has 0 radical (unpaired) electrons. The molecule has 0 aliphatic rings. The van der Waals surface area contributed by atoms with Crippen molar-refractivity contribution in [3.8, 4) is 0 Å². The molecule has 0 saturated heterocycles. The van der Waals surface area contributed by atoms with Crippen molar-refractivity contribution >= 4 is 21.8 Å². The van der Waals surface area contributed by atoms with Crippen LogP contribution in [0.25, 0.3) is 0 Å². The van der Waals surface area contributed by atoms with Gasteiger partial charge in [0, 0.05) is 26.6 Å². The first-order valence-corrected chi connectivity index (χ1v) is 14.1. The van der Waals surface area contributed by atoms with Crippen molar-refractivity contribution in [3.63, 3.8) is 0 Å². The van der Waals surface area contributed by atoms with Crippen LogP contribution in [0.5, 0.6) is 0 Å². The molecular formula is C28H48N4O4S. The summed E-state index contributed by atoms with van der Waals surface area (Å²) in [6, 6.07) is 7.89. The number of carbonyl (C=O) groups is 2. The van der Waals surface area contributed by atoms with Gasteiger partial charge in [-0.15, -0.1) is 0 Å². The summed E-state index contributed by atoms with van der Waals surface area (Å²) in [5, 5.41) is 6.16. The van der Waals surface area contributed by atoms with Gasteiger partial charge < -0.3 is 15.5 Å². The van der Waals surface area contributed by atoms with Crippen molar-refractivity contribution in [2.45, 2.75) is 78.9 Å². The van der Waals surface area contributed by atoms with Gasteiger partial charge in [0.05, 0.1) is 17.0 Å². The number of nitrogens with one attached hydrogen (secondary N) is 2. The summed E-state index contributed by atoms with van der Waals surface area (Å²) in [5.74, 6) is -0.612. The standard InChI is InChI=1S/C28H48N4O4S/c1-19(2)22(18-20(3)37(35,36)31(10)11)32(12)26(34)24(27(4,5)6)30-25(33)23(29-9)28(7,8)21-16-14-13-15-17-21/h13-19,22-24,29H,1-12H3,(H,30,33)/b20-18+/t22-,23-,24-/m1/s1. The van der Waals surface area contributed by atoms with Gasteiger partial charge in [0.15, 0.2) is 0 Å². The maximum atomic E-state index is 13.9. The van der Waals surface area contributed by atoms with Crippen LogP contribution in [-0.4, -0.2) is 75.8 Å². The Kier molecular flexibility index (Phi) is 11.1. The molecule has 0 aliphatic carbocycles. The largest absolute Gasteiger partial charge is 0.342 e. The van der Waals surface area contributed by atoms with Crippen molar-refractivity contribution in [1.29, 1.82) is 0 Å². The summed E-state index contributed by atoms with van der Waals surface area (Å²) in [7, 11) is 2.74. The van der Waals surface area contributed by atoms with Gasteiger partial charge in [0.2, 0.25) is 21.8 Å². The lowest BCUT2D eigenvalue weighted by molar-refractivity contribution is -0.140. The van der Waals surface area contributed by atoms with Crippen molar-refractivity contribution in [2.24, 2.45) is 11.3 Å². The highest BCUT2D eigenvalue weighted by Gasteiger charge is 2.41. The average molecular weight is 537 g/mol. The van der Waals surface area contributed by atoms with E-state index in [9.17, 15) is 18.0 Å². The first kappa shape index (κ1) is 32.8. The van der Waals surface area contributed by atoms with E-state index in [0.717, 1.165) is 9.87 Å². The molecule has 0 bridgehead atoms. The fourth-order valence-corrected chi connectivity index (χ4v) is 5.33. The van der Waals surface area contributed by atoms with Gasteiger partial charge in [-0.05, 0) is 36.9 Å². The van der Waals surface area contributed by atoms with Crippen molar-refractivity contribution in [3.05, 3.63) is 46.9 Å². The fourth-order valence-electron chi connectivity index (χ4n) is 4.44. The molecule has 9 heteroatoms. The summed E-state index contributed by atoms with van der Waals surface area (Å²) in [4.78, 5) is 29.2. The number of sulfonamides is 1. The van der Waals surface area contributed by atoms with E-state index >= 15 is 0 Å². The topological polar surface area (TPSA) is 98.8 Å². The molecule has 0 unspecified atom stereocenters. The molecule has 3 atom stereocenters. The molecule has 0 saturated carbocycles. The predicted octanol–water partition coefficient (Wildman–Crippen LogP) is 3.36. The highest BCUT2D eigenvalue weighted by molar-refractivity contribution is 7.92. The normalized spacial score (nSPS) is 15.9. The van der Waals surface area contributed by atoms with E-state index in [1.807, 2.05) is 78.8 Å². The molecule has 0 fully saturated rings. The highest BCUT2D eigenvalue weighted by atomic mass is 32.2. The highest BCUT2D eigenvalue weighted by Crippen LogP contribution is 2.29. The Morgan fingerprint density at radius 1 is 0.946 bits per heavy atom. The van der Waals surface area contributed by atoms with Crippen LogP contribution in [0.4, 0.5) is 0 Å². The monoisotopic (exact) mass is 536 g/mol. The second-order valence-corrected chi connectivity index (χ2v) is 14.2. The Balaban J connectivity index is 3.36. The lowest BCUT2D eigenvalue weighted by Gasteiger charge is -2.40. The minimum Gasteiger partial charge on any atom is -0.342 e. The Hall–Kier alpha value is -2.23. The van der Waals surface area contributed by atoms with E-state index in [4.69, 9.17) is 0 Å². The zero-order chi connectivity index (χ0) is 28.9. The van der Waals surface area contributed by atoms with E-state index in [0.29, 0.717) is 0 Å². The van der Waals surface area contributed by atoms with Gasteiger partial charge in [0.25, 0.3) is 0 Å². The summed E-state index contributed by atoms with van der Waals surface area (Å²) in [5.41, 5.74) is -0.132. The first-order chi connectivity index (χ1) is 16.8. The van der Waals surface area contributed by atoms with Gasteiger partial charge in [-0.1, -0.05) is 78.8 Å². The van der Waals surface area contributed by atoms with Crippen LogP contribution >= 0.6 is 0 Å². The Bertz CT molecular complexity index is 1060. The molecule has 210 valence electrons. The fraction of sp³-hybridized carbons (Fsp3) is 0.643. The molecule has 1 aromatic carbocycles. The summed E-state index contributed by atoms with van der Waals surface area (Å²) >= 11 is 0. The van der Waals surface area contributed by atoms with Crippen molar-refractivity contribution in [2.75, 3.05) is 28.2 Å². The van der Waals surface area contributed by atoms with Gasteiger partial charge >= 0.3 is 0 Å². The van der Waals surface area contributed by atoms with E-state index < -0.39 is 39.0 Å². The molecule has 2 amide bonds. The molecule has 37 heavy (non-hydrogen) atoms. The molecular weight excluding hydrogens is 488 g/mol. The van der Waals surface area contributed by atoms with Gasteiger partial charge in [-0.2, -0.15) is 0 Å². The van der Waals surface area contributed by atoms with Gasteiger partial charge in [-0.25, -0.2) is 12.7 Å². The minimum atomic E-state index is -3.61. The van der Waals surface area contributed by atoms with Crippen LogP contribution in [0.15, 0.2) is 41.3 Å². The minimum absolute atomic E-state index is 0.0559. The number of rotatable bonds is 11. The predicted molar refractivity (Wildman–Crippen MR) is 151 cm³/mol. The summed E-state index contributed by atoms with van der Waals surface area (Å²) in [6.45, 7) is 15.1. The maximum Gasteiger partial charge on any atom is 0.245 e. The van der Waals surface area contributed by atoms with Crippen LogP contribution in [0.3, 0.4) is 0 Å². The Morgan fingerprint density at radius 2 is 1.46 bits per heavy atom. The second kappa shape index (κ2) is 12.5. The van der Waals surface area contributed by atoms with Crippen LogP contribution < -0.4 is 10.6 Å². The lowest BCUT2D eigenvalue weighted by Crippen LogP contribution is -2.61. The lowest BCUT2D eigenvalue weighted by atomic mass is 9.76. The van der Waals surface area contributed by atoms with Crippen molar-refractivity contribution in [1.82, 2.24) is 19.8 Å². The van der Waals surface area contributed by atoms with Gasteiger partial charge in [-0.3, -0.25) is 9.59 Å². The summed E-state index contributed by atoms with van der Waals surface area (Å²) < 4.78 is 26.4. The molecule has 8 nitrogen and oxygen atoms in total. The van der Waals surface area contributed by atoms with E-state index in [2.05, 4.69) is 10.6 Å². The Morgan fingerprint density at radius 3 is 1.86 bits per heavy atom. The molecule has 0 heterocycles. The molecule has 1 aromatic rings. The number of benzene rings is 1. The molecule has 0 aliphatic heterocycles. The molecule has 0 spiro atoms. The van der Waals surface area contributed by atoms with E-state index in [-0.39, 0.29) is 22.6 Å². The number of nitrogens with zero attached hydrogens (tertiary/aromatic N) is 2. The second-order valence-electron chi connectivity index (χ2n) is 11.9. The third-order valence-corrected chi connectivity index (χ3v) is 8.87. The van der Waals surface area contributed by atoms with Crippen LogP contribution in [-0.2, 0) is 25.0 Å². The number of amides is 2. The maximum absolute atomic E-state index is 13.9. The molecule has 1 rings (SSSR count). The quantitative estimate of drug-likeness (QED) is 0.452. The number of likely N-dealkylation sites (N-methyl/N-ethyl adjacent to an activating group) is 2. The van der Waals surface area contributed by atoms with Crippen LogP contribution in [0.1, 0.15) is 61.0 Å². The zero-order valence-electron chi connectivity index (χ0n) is 24.7. The molecule has 0 aromatic heterocycles. The average Bonchev–Trinajstić information content (AvgIpc) is 2.79. The van der Waals surface area contributed by atoms with Crippen molar-refractivity contribution < 1.29 is 18.0 Å². The number of hydrogen-bond acceptors (Lipinski definition) is 5. The first-order valence-electron chi connectivity index (χ1n) is 12.7. The van der Waals surface area contributed by atoms with Crippen LogP contribution in [0, 0.1) is 11.3 Å². The number of hydrogen-bond donors (Lipinski definition) is 2. The Labute approximate surface area is 224 Å². The molecule has 2 N–H and O–H groups in total. The number of allylic oxidation sites excluding steroid dienone is 1. The SMILES string of the molecule is CN[C@H](C(=O)N[C@H](C(=O)N(C)[C@H](/C=C(\C)S(=O)(=O)N(C)C)C(C)C)C(C)(C)C)C(C)(C)c1ccccc1. The summed E-state index contributed by atoms with van der Waals surface area (Å²) in [6.07, 6.45) is 1.62. The number of carbonyl (C=O) groups excluding carboxylic acids is 2. The third kappa shape index (κ3) is 7.88.